The quantitative estimate of drug-likeness (QED) is 0.756. The van der Waals surface area contributed by atoms with Crippen LogP contribution in [0.15, 0.2) is 29.1 Å². The zero-order valence-corrected chi connectivity index (χ0v) is 9.36. The smallest absolute Gasteiger partial charge is 0.220 e. The van der Waals surface area contributed by atoms with Crippen molar-refractivity contribution in [2.45, 2.75) is 12.7 Å². The van der Waals surface area contributed by atoms with Crippen LogP contribution in [0.2, 0.25) is 0 Å². The van der Waals surface area contributed by atoms with E-state index in [-0.39, 0.29) is 5.43 Å². The van der Waals surface area contributed by atoms with Gasteiger partial charge in [-0.2, -0.15) is 0 Å². The summed E-state index contributed by atoms with van der Waals surface area (Å²) in [6, 6.07) is 6.60. The van der Waals surface area contributed by atoms with Crippen LogP contribution in [0.1, 0.15) is 12.5 Å². The van der Waals surface area contributed by atoms with Gasteiger partial charge in [-0.25, -0.2) is 0 Å². The van der Waals surface area contributed by atoms with Gasteiger partial charge in [0.15, 0.2) is 11.5 Å². The molecule has 1 aliphatic heterocycles. The average molecular weight is 222 g/mol. The standard InChI is InChI=1S/C12H14O4/c1-12(15-6-7-16-12)9-4-3-5-10(13)11(8-9)14-2/h3-5,8H,6-7H2,1-2H3. The Kier molecular flexibility index (Phi) is 2.94. The molecular formula is C12H14O4. The van der Waals surface area contributed by atoms with E-state index in [0.29, 0.717) is 19.0 Å². The van der Waals surface area contributed by atoms with Crippen LogP contribution in [0.3, 0.4) is 0 Å². The van der Waals surface area contributed by atoms with E-state index < -0.39 is 5.79 Å². The molecule has 1 fully saturated rings. The lowest BCUT2D eigenvalue weighted by Gasteiger charge is -2.21. The maximum atomic E-state index is 11.5. The van der Waals surface area contributed by atoms with Crippen molar-refractivity contribution in [3.8, 4) is 5.75 Å². The summed E-state index contributed by atoms with van der Waals surface area (Å²) >= 11 is 0. The molecule has 86 valence electrons. The second-order valence-corrected chi connectivity index (χ2v) is 3.70. The Morgan fingerprint density at radius 2 is 2.00 bits per heavy atom. The molecule has 1 heterocycles. The number of hydrogen-bond acceptors (Lipinski definition) is 4. The molecule has 0 saturated carbocycles. The van der Waals surface area contributed by atoms with Gasteiger partial charge < -0.3 is 14.2 Å². The highest BCUT2D eigenvalue weighted by molar-refractivity contribution is 5.29. The lowest BCUT2D eigenvalue weighted by Crippen LogP contribution is -2.21. The van der Waals surface area contributed by atoms with Crippen molar-refractivity contribution in [1.82, 2.24) is 0 Å². The van der Waals surface area contributed by atoms with Crippen LogP contribution in [0.5, 0.6) is 5.75 Å². The van der Waals surface area contributed by atoms with Crippen LogP contribution in [-0.4, -0.2) is 20.3 Å². The van der Waals surface area contributed by atoms with Crippen molar-refractivity contribution >= 4 is 0 Å². The van der Waals surface area contributed by atoms with Crippen LogP contribution < -0.4 is 10.2 Å². The third-order valence-corrected chi connectivity index (χ3v) is 2.64. The first-order valence-electron chi connectivity index (χ1n) is 5.12. The number of rotatable bonds is 2. The molecule has 4 nitrogen and oxygen atoms in total. The summed E-state index contributed by atoms with van der Waals surface area (Å²) in [5.41, 5.74) is 0.624. The van der Waals surface area contributed by atoms with Crippen LogP contribution in [0, 0.1) is 0 Å². The predicted molar refractivity (Wildman–Crippen MR) is 58.5 cm³/mol. The molecule has 1 aliphatic rings. The van der Waals surface area contributed by atoms with Crippen LogP contribution >= 0.6 is 0 Å². The fraction of sp³-hybridized carbons (Fsp3) is 0.417. The normalized spacial score (nSPS) is 18.4. The molecule has 0 N–H and O–H groups in total. The summed E-state index contributed by atoms with van der Waals surface area (Å²) in [6.45, 7) is 2.95. The van der Waals surface area contributed by atoms with Gasteiger partial charge in [0.05, 0.1) is 20.3 Å². The third-order valence-electron chi connectivity index (χ3n) is 2.64. The first-order valence-corrected chi connectivity index (χ1v) is 5.12. The zero-order valence-electron chi connectivity index (χ0n) is 9.36. The molecule has 2 rings (SSSR count). The minimum absolute atomic E-state index is 0.157. The van der Waals surface area contributed by atoms with Crippen molar-refractivity contribution in [2.24, 2.45) is 0 Å². The van der Waals surface area contributed by atoms with Crippen molar-refractivity contribution in [3.63, 3.8) is 0 Å². The summed E-state index contributed by atoms with van der Waals surface area (Å²) in [7, 11) is 1.47. The molecule has 0 aromatic heterocycles. The van der Waals surface area contributed by atoms with Gasteiger partial charge in [0.25, 0.3) is 0 Å². The minimum atomic E-state index is -0.779. The van der Waals surface area contributed by atoms with Crippen molar-refractivity contribution in [1.29, 1.82) is 0 Å². The molecular weight excluding hydrogens is 208 g/mol. The van der Waals surface area contributed by atoms with E-state index in [0.717, 1.165) is 5.56 Å². The Hall–Kier alpha value is -1.39. The largest absolute Gasteiger partial charge is 0.493 e. The first-order chi connectivity index (χ1) is 7.65. The Balaban J connectivity index is 2.50. The van der Waals surface area contributed by atoms with Crippen molar-refractivity contribution < 1.29 is 14.2 Å². The van der Waals surface area contributed by atoms with Gasteiger partial charge in [0.1, 0.15) is 0 Å². The van der Waals surface area contributed by atoms with Crippen LogP contribution in [0.25, 0.3) is 0 Å². The van der Waals surface area contributed by atoms with E-state index in [9.17, 15) is 4.79 Å². The molecule has 0 bridgehead atoms. The topological polar surface area (TPSA) is 44.8 Å². The summed E-state index contributed by atoms with van der Waals surface area (Å²) < 4.78 is 16.1. The monoisotopic (exact) mass is 222 g/mol. The minimum Gasteiger partial charge on any atom is -0.493 e. The Morgan fingerprint density at radius 3 is 2.62 bits per heavy atom. The molecule has 0 amide bonds. The average Bonchev–Trinajstić information content (AvgIpc) is 2.61. The molecule has 0 radical (unpaired) electrons. The van der Waals surface area contributed by atoms with E-state index >= 15 is 0 Å². The first kappa shape index (κ1) is 11.1. The zero-order chi connectivity index (χ0) is 11.6. The molecule has 16 heavy (non-hydrogen) atoms. The Bertz CT molecular complexity index is 435. The van der Waals surface area contributed by atoms with Crippen molar-refractivity contribution in [3.05, 3.63) is 40.1 Å². The van der Waals surface area contributed by atoms with Crippen molar-refractivity contribution in [2.75, 3.05) is 20.3 Å². The van der Waals surface area contributed by atoms with E-state index in [4.69, 9.17) is 14.2 Å². The number of hydrogen-bond donors (Lipinski definition) is 0. The molecule has 0 unspecified atom stereocenters. The maximum absolute atomic E-state index is 11.5. The SMILES string of the molecule is COc1cc(C2(C)OCCO2)cccc1=O. The highest BCUT2D eigenvalue weighted by Gasteiger charge is 2.33. The summed E-state index contributed by atoms with van der Waals surface area (Å²) in [5.74, 6) is -0.487. The molecule has 1 aromatic carbocycles. The van der Waals surface area contributed by atoms with E-state index in [2.05, 4.69) is 0 Å². The highest BCUT2D eigenvalue weighted by atomic mass is 16.7. The highest BCUT2D eigenvalue weighted by Crippen LogP contribution is 2.31. The number of ether oxygens (including phenoxy) is 3. The fourth-order valence-corrected chi connectivity index (χ4v) is 1.70. The van der Waals surface area contributed by atoms with Gasteiger partial charge in [-0.05, 0) is 19.1 Å². The Labute approximate surface area is 93.8 Å². The second kappa shape index (κ2) is 4.23. The van der Waals surface area contributed by atoms with Gasteiger partial charge in [0, 0.05) is 5.56 Å². The van der Waals surface area contributed by atoms with E-state index in [1.54, 1.807) is 18.2 Å². The van der Waals surface area contributed by atoms with Crippen LogP contribution in [0.4, 0.5) is 0 Å². The lowest BCUT2D eigenvalue weighted by molar-refractivity contribution is -0.149. The fourth-order valence-electron chi connectivity index (χ4n) is 1.70. The predicted octanol–water partition coefficient (Wildman–Crippen LogP) is 1.27. The van der Waals surface area contributed by atoms with Gasteiger partial charge in [-0.3, -0.25) is 4.79 Å². The molecule has 1 aromatic rings. The third kappa shape index (κ3) is 1.94. The lowest BCUT2D eigenvalue weighted by atomic mass is 10.1. The van der Waals surface area contributed by atoms with E-state index in [1.807, 2.05) is 6.92 Å². The molecule has 4 heteroatoms. The van der Waals surface area contributed by atoms with Gasteiger partial charge in [-0.1, -0.05) is 12.1 Å². The van der Waals surface area contributed by atoms with Gasteiger partial charge in [-0.15, -0.1) is 0 Å². The number of methoxy groups -OCH3 is 1. The van der Waals surface area contributed by atoms with Crippen LogP contribution in [-0.2, 0) is 15.3 Å². The maximum Gasteiger partial charge on any atom is 0.220 e. The molecule has 0 spiro atoms. The summed E-state index contributed by atoms with van der Waals surface area (Å²) in [5, 5.41) is 0. The van der Waals surface area contributed by atoms with E-state index in [1.165, 1.54) is 13.2 Å². The molecule has 0 atom stereocenters. The van der Waals surface area contributed by atoms with Gasteiger partial charge in [0.2, 0.25) is 5.43 Å². The molecule has 1 saturated heterocycles. The summed E-state index contributed by atoms with van der Waals surface area (Å²) in [6.07, 6.45) is 0. The summed E-state index contributed by atoms with van der Waals surface area (Å²) in [4.78, 5) is 11.5. The Morgan fingerprint density at radius 1 is 1.31 bits per heavy atom. The molecule has 0 aliphatic carbocycles. The second-order valence-electron chi connectivity index (χ2n) is 3.70. The van der Waals surface area contributed by atoms with Gasteiger partial charge >= 0.3 is 0 Å².